The Kier molecular flexibility index (Phi) is 7.38. The first-order chi connectivity index (χ1) is 7.43. The minimum absolute atomic E-state index is 0.766. The molecule has 0 aliphatic rings. The fourth-order valence-corrected chi connectivity index (χ4v) is 1.97. The number of nitrogens with zero attached hydrogens (tertiary/aromatic N) is 1. The largest absolute Gasteiger partial charge is 0.440 e. The van der Waals surface area contributed by atoms with Crippen LogP contribution in [0.15, 0.2) is 22.1 Å². The summed E-state index contributed by atoms with van der Waals surface area (Å²) >= 11 is 1.66. The summed E-state index contributed by atoms with van der Waals surface area (Å²) < 4.78 is 5.12. The third-order valence-electron chi connectivity index (χ3n) is 2.12. The topological polar surface area (TPSA) is 38.1 Å². The summed E-state index contributed by atoms with van der Waals surface area (Å²) in [6.45, 7) is 4.39. The van der Waals surface area contributed by atoms with E-state index in [-0.39, 0.29) is 0 Å². The van der Waals surface area contributed by atoms with Crippen LogP contribution in [0.1, 0.15) is 32.6 Å². The highest BCUT2D eigenvalue weighted by atomic mass is 32.2. The molecule has 86 valence electrons. The first-order valence-electron chi connectivity index (χ1n) is 5.66. The highest BCUT2D eigenvalue weighted by Crippen LogP contribution is 2.13. The third-order valence-corrected chi connectivity index (χ3v) is 2.98. The van der Waals surface area contributed by atoms with Crippen LogP contribution in [-0.2, 0) is 0 Å². The van der Waals surface area contributed by atoms with Crippen molar-refractivity contribution in [2.75, 3.05) is 18.8 Å². The van der Waals surface area contributed by atoms with Gasteiger partial charge in [-0.25, -0.2) is 4.98 Å². The van der Waals surface area contributed by atoms with Crippen LogP contribution in [0.5, 0.6) is 0 Å². The van der Waals surface area contributed by atoms with Gasteiger partial charge in [0.15, 0.2) is 0 Å². The first kappa shape index (κ1) is 12.6. The Morgan fingerprint density at radius 1 is 1.33 bits per heavy atom. The van der Waals surface area contributed by atoms with Crippen molar-refractivity contribution in [3.63, 3.8) is 0 Å². The van der Waals surface area contributed by atoms with Gasteiger partial charge in [0.05, 0.1) is 6.20 Å². The molecule has 0 atom stereocenters. The molecule has 0 aliphatic heterocycles. The Morgan fingerprint density at radius 2 is 2.27 bits per heavy atom. The number of aromatic nitrogens is 1. The van der Waals surface area contributed by atoms with Crippen LogP contribution in [0.2, 0.25) is 0 Å². The van der Waals surface area contributed by atoms with E-state index in [1.54, 1.807) is 24.2 Å². The van der Waals surface area contributed by atoms with Crippen molar-refractivity contribution in [3.8, 4) is 0 Å². The number of thioether (sulfide) groups is 1. The summed E-state index contributed by atoms with van der Waals surface area (Å²) in [5.74, 6) is 1.02. The van der Waals surface area contributed by atoms with Crippen LogP contribution in [0.4, 0.5) is 0 Å². The quantitative estimate of drug-likeness (QED) is 0.521. The number of hydrogen-bond acceptors (Lipinski definition) is 4. The van der Waals surface area contributed by atoms with Crippen molar-refractivity contribution in [2.24, 2.45) is 0 Å². The van der Waals surface area contributed by atoms with Crippen LogP contribution < -0.4 is 5.32 Å². The lowest BCUT2D eigenvalue weighted by Gasteiger charge is -2.02. The predicted molar refractivity (Wildman–Crippen MR) is 64.2 cm³/mol. The van der Waals surface area contributed by atoms with Gasteiger partial charge in [-0.1, -0.05) is 37.9 Å². The molecule has 0 aromatic carbocycles. The van der Waals surface area contributed by atoms with E-state index in [1.807, 2.05) is 0 Å². The lowest BCUT2D eigenvalue weighted by atomic mass is 10.2. The molecular formula is C11H20N2OS. The molecule has 1 aromatic rings. The third kappa shape index (κ3) is 6.57. The predicted octanol–water partition coefficient (Wildman–Crippen LogP) is 2.94. The average molecular weight is 228 g/mol. The normalized spacial score (nSPS) is 10.7. The van der Waals surface area contributed by atoms with Crippen molar-refractivity contribution in [1.82, 2.24) is 10.3 Å². The Labute approximate surface area is 96.0 Å². The molecule has 0 spiro atoms. The molecule has 0 fully saturated rings. The second-order valence-corrected chi connectivity index (χ2v) is 4.50. The molecule has 0 saturated carbocycles. The van der Waals surface area contributed by atoms with E-state index in [0.717, 1.165) is 24.1 Å². The minimum Gasteiger partial charge on any atom is -0.440 e. The number of oxazole rings is 1. The lowest BCUT2D eigenvalue weighted by molar-refractivity contribution is 0.454. The van der Waals surface area contributed by atoms with Gasteiger partial charge >= 0.3 is 0 Å². The van der Waals surface area contributed by atoms with Crippen LogP contribution in [0.25, 0.3) is 0 Å². The standard InChI is InChI=1S/C11H20N2OS/c1-2-3-4-5-6-12-8-10-15-11-13-7-9-14-11/h7,9,12H,2-6,8,10H2,1H3. The van der Waals surface area contributed by atoms with Gasteiger partial charge in [-0.2, -0.15) is 0 Å². The molecule has 1 N–H and O–H groups in total. The van der Waals surface area contributed by atoms with Gasteiger partial charge in [0.2, 0.25) is 0 Å². The molecule has 0 saturated heterocycles. The molecule has 4 heteroatoms. The number of nitrogens with one attached hydrogen (secondary N) is 1. The first-order valence-corrected chi connectivity index (χ1v) is 6.65. The highest BCUT2D eigenvalue weighted by molar-refractivity contribution is 7.99. The fraction of sp³-hybridized carbons (Fsp3) is 0.727. The van der Waals surface area contributed by atoms with E-state index in [4.69, 9.17) is 4.42 Å². The molecule has 0 radical (unpaired) electrons. The summed E-state index contributed by atoms with van der Waals surface area (Å²) in [6, 6.07) is 0. The van der Waals surface area contributed by atoms with Crippen LogP contribution in [0, 0.1) is 0 Å². The van der Waals surface area contributed by atoms with Gasteiger partial charge in [-0.15, -0.1) is 0 Å². The SMILES string of the molecule is CCCCCCNCCSc1ncco1. The van der Waals surface area contributed by atoms with E-state index in [9.17, 15) is 0 Å². The summed E-state index contributed by atoms with van der Waals surface area (Å²) in [5.41, 5.74) is 0. The highest BCUT2D eigenvalue weighted by Gasteiger charge is 1.96. The Bertz CT molecular complexity index is 227. The van der Waals surface area contributed by atoms with E-state index in [0.29, 0.717) is 0 Å². The average Bonchev–Trinajstić information content (AvgIpc) is 2.75. The smallest absolute Gasteiger partial charge is 0.255 e. The molecule has 1 heterocycles. The number of rotatable bonds is 9. The zero-order valence-electron chi connectivity index (χ0n) is 9.37. The van der Waals surface area contributed by atoms with Gasteiger partial charge in [-0.3, -0.25) is 0 Å². The minimum atomic E-state index is 0.766. The van der Waals surface area contributed by atoms with Crippen molar-refractivity contribution < 1.29 is 4.42 Å². The molecule has 0 amide bonds. The number of unbranched alkanes of at least 4 members (excludes halogenated alkanes) is 3. The van der Waals surface area contributed by atoms with Crippen molar-refractivity contribution in [2.45, 2.75) is 37.8 Å². The maximum absolute atomic E-state index is 5.12. The number of hydrogen-bond donors (Lipinski definition) is 1. The lowest BCUT2D eigenvalue weighted by Crippen LogP contribution is -2.18. The second kappa shape index (κ2) is 8.80. The Balaban J connectivity index is 1.81. The molecule has 0 aliphatic carbocycles. The van der Waals surface area contributed by atoms with Crippen LogP contribution >= 0.6 is 11.8 Å². The van der Waals surface area contributed by atoms with E-state index in [2.05, 4.69) is 17.2 Å². The molecule has 15 heavy (non-hydrogen) atoms. The fourth-order valence-electron chi connectivity index (χ4n) is 1.29. The molecule has 0 unspecified atom stereocenters. The van der Waals surface area contributed by atoms with Gasteiger partial charge in [-0.05, 0) is 13.0 Å². The zero-order valence-corrected chi connectivity index (χ0v) is 10.2. The van der Waals surface area contributed by atoms with Crippen molar-refractivity contribution >= 4 is 11.8 Å². The van der Waals surface area contributed by atoms with Crippen molar-refractivity contribution in [3.05, 3.63) is 12.5 Å². The van der Waals surface area contributed by atoms with Crippen LogP contribution in [0.3, 0.4) is 0 Å². The molecule has 1 rings (SSSR count). The molecule has 1 aromatic heterocycles. The van der Waals surface area contributed by atoms with E-state index in [1.165, 1.54) is 25.7 Å². The zero-order chi connectivity index (χ0) is 10.8. The second-order valence-electron chi connectivity index (χ2n) is 3.46. The van der Waals surface area contributed by atoms with E-state index < -0.39 is 0 Å². The maximum Gasteiger partial charge on any atom is 0.255 e. The summed E-state index contributed by atoms with van der Waals surface area (Å²) in [4.78, 5) is 4.04. The molecule has 0 bridgehead atoms. The van der Waals surface area contributed by atoms with Gasteiger partial charge in [0.25, 0.3) is 5.22 Å². The monoisotopic (exact) mass is 228 g/mol. The summed E-state index contributed by atoms with van der Waals surface area (Å²) in [7, 11) is 0. The molecular weight excluding hydrogens is 208 g/mol. The van der Waals surface area contributed by atoms with Gasteiger partial charge in [0, 0.05) is 12.3 Å². The van der Waals surface area contributed by atoms with E-state index >= 15 is 0 Å². The Morgan fingerprint density at radius 3 is 3.00 bits per heavy atom. The van der Waals surface area contributed by atoms with Gasteiger partial charge in [0.1, 0.15) is 6.26 Å². The van der Waals surface area contributed by atoms with Crippen LogP contribution in [-0.4, -0.2) is 23.8 Å². The summed E-state index contributed by atoms with van der Waals surface area (Å²) in [6.07, 6.45) is 8.58. The molecule has 3 nitrogen and oxygen atoms in total. The van der Waals surface area contributed by atoms with Crippen molar-refractivity contribution in [1.29, 1.82) is 0 Å². The Hall–Kier alpha value is -0.480. The maximum atomic E-state index is 5.12. The summed E-state index contributed by atoms with van der Waals surface area (Å²) in [5, 5.41) is 4.18. The van der Waals surface area contributed by atoms with Gasteiger partial charge < -0.3 is 9.73 Å².